The van der Waals surface area contributed by atoms with Crippen LogP contribution < -0.4 is 15.8 Å². The number of nitrogens with two attached hydrogens (primary N) is 1. The van der Waals surface area contributed by atoms with Crippen LogP contribution in [0.1, 0.15) is 18.5 Å². The molecule has 0 aliphatic rings. The van der Waals surface area contributed by atoms with Crippen LogP contribution in [0.25, 0.3) is 0 Å². The molecule has 2 rings (SSSR count). The highest BCUT2D eigenvalue weighted by Gasteiger charge is 2.07. The van der Waals surface area contributed by atoms with Crippen LogP contribution in [-0.2, 0) is 4.79 Å². The first-order valence-electron chi connectivity index (χ1n) is 6.59. The molecule has 0 heterocycles. The Morgan fingerprint density at radius 3 is 2.76 bits per heavy atom. The fraction of sp³-hybridized carbons (Fsp3) is 0.188. The summed E-state index contributed by atoms with van der Waals surface area (Å²) < 4.78 is 6.32. The number of hydrogen-bond acceptors (Lipinski definition) is 3. The summed E-state index contributed by atoms with van der Waals surface area (Å²) in [5, 5.41) is 2.78. The van der Waals surface area contributed by atoms with Crippen LogP contribution in [0, 0.1) is 0 Å². The number of halogens is 1. The number of hydrogen-bond donors (Lipinski definition) is 2. The lowest BCUT2D eigenvalue weighted by molar-refractivity contribution is -0.118. The standard InChI is InChI=1S/C16H17BrN2O2/c1-11(18)12-5-4-6-13(9-12)21-10-16(20)19-15-8-3-2-7-14(15)17/h2-9,11H,10,18H2,1H3,(H,19,20). The third-order valence-corrected chi connectivity index (χ3v) is 3.59. The normalized spacial score (nSPS) is 11.8. The highest BCUT2D eigenvalue weighted by atomic mass is 79.9. The van der Waals surface area contributed by atoms with Crippen molar-refractivity contribution in [1.82, 2.24) is 0 Å². The number of para-hydroxylation sites is 1. The van der Waals surface area contributed by atoms with E-state index in [1.165, 1.54) is 0 Å². The number of benzene rings is 2. The van der Waals surface area contributed by atoms with Gasteiger partial charge in [-0.3, -0.25) is 4.79 Å². The molecule has 5 heteroatoms. The van der Waals surface area contributed by atoms with E-state index < -0.39 is 0 Å². The number of carbonyl (C=O) groups excluding carboxylic acids is 1. The average Bonchev–Trinajstić information content (AvgIpc) is 2.48. The van der Waals surface area contributed by atoms with Crippen molar-refractivity contribution < 1.29 is 9.53 Å². The van der Waals surface area contributed by atoms with E-state index in [2.05, 4.69) is 21.2 Å². The lowest BCUT2D eigenvalue weighted by atomic mass is 10.1. The molecule has 3 N–H and O–H groups in total. The summed E-state index contributed by atoms with van der Waals surface area (Å²) in [6.07, 6.45) is 0. The SMILES string of the molecule is CC(N)c1cccc(OCC(=O)Nc2ccccc2Br)c1. The maximum absolute atomic E-state index is 11.9. The molecule has 2 aromatic rings. The summed E-state index contributed by atoms with van der Waals surface area (Å²) in [6.45, 7) is 1.85. The number of carbonyl (C=O) groups is 1. The molecule has 2 aromatic carbocycles. The smallest absolute Gasteiger partial charge is 0.262 e. The predicted octanol–water partition coefficient (Wildman–Crippen LogP) is 3.49. The molecule has 0 bridgehead atoms. The Morgan fingerprint density at radius 2 is 2.05 bits per heavy atom. The summed E-state index contributed by atoms with van der Waals surface area (Å²) in [5.74, 6) is 0.417. The van der Waals surface area contributed by atoms with Gasteiger partial charge in [0.05, 0.1) is 5.69 Å². The minimum atomic E-state index is -0.215. The molecule has 1 amide bonds. The number of ether oxygens (including phenoxy) is 1. The van der Waals surface area contributed by atoms with E-state index in [4.69, 9.17) is 10.5 Å². The van der Waals surface area contributed by atoms with Crippen molar-refractivity contribution in [1.29, 1.82) is 0 Å². The summed E-state index contributed by atoms with van der Waals surface area (Å²) in [7, 11) is 0. The van der Waals surface area contributed by atoms with Gasteiger partial charge in [-0.1, -0.05) is 24.3 Å². The van der Waals surface area contributed by atoms with Gasteiger partial charge < -0.3 is 15.8 Å². The quantitative estimate of drug-likeness (QED) is 0.869. The maximum Gasteiger partial charge on any atom is 0.262 e. The minimum absolute atomic E-state index is 0.0518. The van der Waals surface area contributed by atoms with Crippen molar-refractivity contribution in [2.75, 3.05) is 11.9 Å². The zero-order valence-electron chi connectivity index (χ0n) is 11.7. The van der Waals surface area contributed by atoms with E-state index in [-0.39, 0.29) is 18.6 Å². The number of nitrogens with one attached hydrogen (secondary N) is 1. The Hall–Kier alpha value is -1.85. The lowest BCUT2D eigenvalue weighted by Crippen LogP contribution is -2.20. The fourth-order valence-corrected chi connectivity index (χ4v) is 2.17. The van der Waals surface area contributed by atoms with E-state index in [1.807, 2.05) is 49.4 Å². The van der Waals surface area contributed by atoms with Gasteiger partial charge in [-0.05, 0) is 52.7 Å². The molecule has 0 aromatic heterocycles. The Kier molecular flexibility index (Phi) is 5.36. The molecule has 0 saturated heterocycles. The number of amides is 1. The Bertz CT molecular complexity index is 629. The molecule has 1 atom stereocenters. The molecule has 110 valence electrons. The molecular formula is C16H17BrN2O2. The van der Waals surface area contributed by atoms with E-state index >= 15 is 0 Å². The van der Waals surface area contributed by atoms with Crippen LogP contribution in [0.3, 0.4) is 0 Å². The topological polar surface area (TPSA) is 64.3 Å². The Balaban J connectivity index is 1.92. The van der Waals surface area contributed by atoms with Crippen LogP contribution in [-0.4, -0.2) is 12.5 Å². The summed E-state index contributed by atoms with van der Waals surface area (Å²) in [4.78, 5) is 11.9. The van der Waals surface area contributed by atoms with Gasteiger partial charge in [0.15, 0.2) is 6.61 Å². The second kappa shape index (κ2) is 7.24. The maximum atomic E-state index is 11.9. The molecule has 1 unspecified atom stereocenters. The van der Waals surface area contributed by atoms with Gasteiger partial charge in [0, 0.05) is 10.5 Å². The number of anilines is 1. The Labute approximate surface area is 132 Å². The second-order valence-electron chi connectivity index (χ2n) is 4.68. The van der Waals surface area contributed by atoms with Gasteiger partial charge in [0.1, 0.15) is 5.75 Å². The summed E-state index contributed by atoms with van der Waals surface area (Å²) >= 11 is 3.38. The minimum Gasteiger partial charge on any atom is -0.484 e. The molecular weight excluding hydrogens is 332 g/mol. The molecule has 0 saturated carbocycles. The van der Waals surface area contributed by atoms with E-state index in [0.29, 0.717) is 5.75 Å². The summed E-state index contributed by atoms with van der Waals surface area (Å²) in [5.41, 5.74) is 7.51. The monoisotopic (exact) mass is 348 g/mol. The van der Waals surface area contributed by atoms with E-state index in [0.717, 1.165) is 15.7 Å². The molecule has 0 spiro atoms. The predicted molar refractivity (Wildman–Crippen MR) is 87.3 cm³/mol. The van der Waals surface area contributed by atoms with E-state index in [9.17, 15) is 4.79 Å². The van der Waals surface area contributed by atoms with Crippen LogP contribution >= 0.6 is 15.9 Å². The van der Waals surface area contributed by atoms with Crippen molar-refractivity contribution in [3.05, 3.63) is 58.6 Å². The van der Waals surface area contributed by atoms with Crippen LogP contribution in [0.15, 0.2) is 53.0 Å². The third-order valence-electron chi connectivity index (χ3n) is 2.90. The van der Waals surface area contributed by atoms with Gasteiger partial charge in [-0.2, -0.15) is 0 Å². The molecule has 4 nitrogen and oxygen atoms in total. The zero-order chi connectivity index (χ0) is 15.2. The second-order valence-corrected chi connectivity index (χ2v) is 5.53. The van der Waals surface area contributed by atoms with Crippen molar-refractivity contribution >= 4 is 27.5 Å². The first-order valence-corrected chi connectivity index (χ1v) is 7.38. The van der Waals surface area contributed by atoms with Crippen molar-refractivity contribution in [3.8, 4) is 5.75 Å². The van der Waals surface area contributed by atoms with Gasteiger partial charge >= 0.3 is 0 Å². The number of rotatable bonds is 5. The lowest BCUT2D eigenvalue weighted by Gasteiger charge is -2.11. The van der Waals surface area contributed by atoms with Crippen LogP contribution in [0.4, 0.5) is 5.69 Å². The molecule has 0 fully saturated rings. The highest BCUT2D eigenvalue weighted by molar-refractivity contribution is 9.10. The fourth-order valence-electron chi connectivity index (χ4n) is 1.79. The van der Waals surface area contributed by atoms with Crippen molar-refractivity contribution in [2.24, 2.45) is 5.73 Å². The average molecular weight is 349 g/mol. The van der Waals surface area contributed by atoms with Crippen LogP contribution in [0.5, 0.6) is 5.75 Å². The van der Waals surface area contributed by atoms with E-state index in [1.54, 1.807) is 6.07 Å². The molecule has 21 heavy (non-hydrogen) atoms. The summed E-state index contributed by atoms with van der Waals surface area (Å²) in [6, 6.07) is 14.8. The van der Waals surface area contributed by atoms with Gasteiger partial charge in [-0.15, -0.1) is 0 Å². The van der Waals surface area contributed by atoms with Crippen molar-refractivity contribution in [3.63, 3.8) is 0 Å². The third kappa shape index (κ3) is 4.58. The van der Waals surface area contributed by atoms with Gasteiger partial charge in [0.2, 0.25) is 0 Å². The first-order chi connectivity index (χ1) is 10.1. The van der Waals surface area contributed by atoms with Crippen molar-refractivity contribution in [2.45, 2.75) is 13.0 Å². The molecule has 0 radical (unpaired) electrons. The first kappa shape index (κ1) is 15.5. The molecule has 0 aliphatic carbocycles. The van der Waals surface area contributed by atoms with Gasteiger partial charge in [0.25, 0.3) is 5.91 Å². The highest BCUT2D eigenvalue weighted by Crippen LogP contribution is 2.21. The molecule has 0 aliphatic heterocycles. The van der Waals surface area contributed by atoms with Crippen LogP contribution in [0.2, 0.25) is 0 Å². The zero-order valence-corrected chi connectivity index (χ0v) is 13.3. The Morgan fingerprint density at radius 1 is 1.29 bits per heavy atom. The van der Waals surface area contributed by atoms with Gasteiger partial charge in [-0.25, -0.2) is 0 Å². The largest absolute Gasteiger partial charge is 0.484 e.